The van der Waals surface area contributed by atoms with E-state index in [2.05, 4.69) is 15.4 Å². The summed E-state index contributed by atoms with van der Waals surface area (Å²) in [6.07, 6.45) is -0.624. The SMILES string of the molecule is CNS(=O)(=O)CCNC(=O)Nc1cccc(C(C)O)c1. The van der Waals surface area contributed by atoms with Gasteiger partial charge in [-0.05, 0) is 31.7 Å². The molecule has 0 bridgehead atoms. The number of hydrogen-bond acceptors (Lipinski definition) is 4. The summed E-state index contributed by atoms with van der Waals surface area (Å²) in [7, 11) is -2.02. The summed E-state index contributed by atoms with van der Waals surface area (Å²) in [6, 6.07) is 6.28. The van der Waals surface area contributed by atoms with Gasteiger partial charge in [0, 0.05) is 12.2 Å². The number of rotatable bonds is 6. The molecule has 2 amide bonds. The molecule has 1 aromatic carbocycles. The highest BCUT2D eigenvalue weighted by atomic mass is 32.2. The van der Waals surface area contributed by atoms with Crippen molar-refractivity contribution in [3.05, 3.63) is 29.8 Å². The Morgan fingerprint density at radius 2 is 2.10 bits per heavy atom. The van der Waals surface area contributed by atoms with Gasteiger partial charge in [-0.1, -0.05) is 12.1 Å². The van der Waals surface area contributed by atoms with Gasteiger partial charge in [0.2, 0.25) is 10.0 Å². The number of anilines is 1. The van der Waals surface area contributed by atoms with Crippen molar-refractivity contribution in [3.63, 3.8) is 0 Å². The van der Waals surface area contributed by atoms with Gasteiger partial charge in [-0.3, -0.25) is 0 Å². The Morgan fingerprint density at radius 3 is 2.70 bits per heavy atom. The van der Waals surface area contributed by atoms with Crippen molar-refractivity contribution in [3.8, 4) is 0 Å². The zero-order chi connectivity index (χ0) is 15.2. The molecule has 8 heteroatoms. The second-order valence-corrected chi connectivity index (χ2v) is 6.25. The average molecular weight is 301 g/mol. The molecular formula is C12H19N3O4S. The normalized spacial score (nSPS) is 12.8. The molecule has 7 nitrogen and oxygen atoms in total. The first-order valence-corrected chi connectivity index (χ1v) is 7.73. The molecule has 0 saturated carbocycles. The monoisotopic (exact) mass is 301 g/mol. The maximum Gasteiger partial charge on any atom is 0.319 e. The molecule has 0 saturated heterocycles. The lowest BCUT2D eigenvalue weighted by atomic mass is 10.1. The number of aliphatic hydroxyl groups is 1. The van der Waals surface area contributed by atoms with E-state index in [4.69, 9.17) is 0 Å². The van der Waals surface area contributed by atoms with Crippen molar-refractivity contribution in [2.24, 2.45) is 0 Å². The summed E-state index contributed by atoms with van der Waals surface area (Å²) in [6.45, 7) is 1.63. The third-order valence-corrected chi connectivity index (χ3v) is 3.96. The first kappa shape index (κ1) is 16.4. The summed E-state index contributed by atoms with van der Waals surface area (Å²) >= 11 is 0. The van der Waals surface area contributed by atoms with E-state index in [-0.39, 0.29) is 12.3 Å². The average Bonchev–Trinajstić information content (AvgIpc) is 2.38. The number of nitrogens with one attached hydrogen (secondary N) is 3. The van der Waals surface area contributed by atoms with Gasteiger partial charge in [0.25, 0.3) is 0 Å². The van der Waals surface area contributed by atoms with E-state index in [1.807, 2.05) is 0 Å². The van der Waals surface area contributed by atoms with Gasteiger partial charge in [0.05, 0.1) is 11.9 Å². The minimum atomic E-state index is -3.33. The van der Waals surface area contributed by atoms with Crippen LogP contribution in [0.1, 0.15) is 18.6 Å². The van der Waals surface area contributed by atoms with Gasteiger partial charge < -0.3 is 15.7 Å². The number of aliphatic hydroxyl groups excluding tert-OH is 1. The Balaban J connectivity index is 2.49. The first-order chi connectivity index (χ1) is 9.34. The second kappa shape index (κ2) is 7.22. The summed E-state index contributed by atoms with van der Waals surface area (Å²) < 4.78 is 24.5. The quantitative estimate of drug-likeness (QED) is 0.610. The molecule has 1 atom stereocenters. The fourth-order valence-electron chi connectivity index (χ4n) is 1.45. The minimum Gasteiger partial charge on any atom is -0.389 e. The topological polar surface area (TPSA) is 108 Å². The Bertz CT molecular complexity index is 558. The number of urea groups is 1. The summed E-state index contributed by atoms with van der Waals surface area (Å²) in [5, 5.41) is 14.4. The minimum absolute atomic E-state index is 0.00506. The van der Waals surface area contributed by atoms with Crippen LogP contribution >= 0.6 is 0 Å². The number of sulfonamides is 1. The molecule has 0 aliphatic rings. The third-order valence-electron chi connectivity index (χ3n) is 2.59. The van der Waals surface area contributed by atoms with Crippen LogP contribution in [0.4, 0.5) is 10.5 Å². The highest BCUT2D eigenvalue weighted by Gasteiger charge is 2.08. The van der Waals surface area contributed by atoms with Crippen LogP contribution in [0, 0.1) is 0 Å². The number of amides is 2. The maximum atomic E-state index is 11.6. The van der Waals surface area contributed by atoms with Crippen molar-refractivity contribution in [1.82, 2.24) is 10.0 Å². The van der Waals surface area contributed by atoms with Gasteiger partial charge in [-0.15, -0.1) is 0 Å². The van der Waals surface area contributed by atoms with E-state index in [0.717, 1.165) is 0 Å². The molecule has 20 heavy (non-hydrogen) atoms. The fraction of sp³-hybridized carbons (Fsp3) is 0.417. The van der Waals surface area contributed by atoms with Gasteiger partial charge in [-0.25, -0.2) is 17.9 Å². The van der Waals surface area contributed by atoms with Crippen LogP contribution in [0.5, 0.6) is 0 Å². The van der Waals surface area contributed by atoms with Crippen molar-refractivity contribution in [2.45, 2.75) is 13.0 Å². The molecule has 0 aliphatic heterocycles. The molecule has 0 fully saturated rings. The molecule has 4 N–H and O–H groups in total. The summed E-state index contributed by atoms with van der Waals surface area (Å²) in [5.41, 5.74) is 1.21. The lowest BCUT2D eigenvalue weighted by Gasteiger charge is -2.10. The van der Waals surface area contributed by atoms with Crippen molar-refractivity contribution < 1.29 is 18.3 Å². The molecule has 0 spiro atoms. The van der Waals surface area contributed by atoms with E-state index in [0.29, 0.717) is 11.3 Å². The molecule has 112 valence electrons. The van der Waals surface area contributed by atoms with Crippen LogP contribution in [0.2, 0.25) is 0 Å². The van der Waals surface area contributed by atoms with E-state index < -0.39 is 22.2 Å². The lowest BCUT2D eigenvalue weighted by molar-refractivity contribution is 0.199. The van der Waals surface area contributed by atoms with Crippen LogP contribution in [0.15, 0.2) is 24.3 Å². The molecule has 1 aromatic rings. The highest BCUT2D eigenvalue weighted by Crippen LogP contribution is 2.16. The largest absolute Gasteiger partial charge is 0.389 e. The molecule has 1 unspecified atom stereocenters. The first-order valence-electron chi connectivity index (χ1n) is 6.08. The van der Waals surface area contributed by atoms with Crippen LogP contribution in [-0.4, -0.2) is 38.9 Å². The van der Waals surface area contributed by atoms with Crippen LogP contribution in [-0.2, 0) is 10.0 Å². The van der Waals surface area contributed by atoms with Crippen LogP contribution in [0.25, 0.3) is 0 Å². The maximum absolute atomic E-state index is 11.6. The van der Waals surface area contributed by atoms with E-state index in [9.17, 15) is 18.3 Å². The highest BCUT2D eigenvalue weighted by molar-refractivity contribution is 7.89. The molecule has 0 radical (unpaired) electrons. The van der Waals surface area contributed by atoms with Crippen molar-refractivity contribution in [2.75, 3.05) is 24.7 Å². The summed E-state index contributed by atoms with van der Waals surface area (Å²) in [5.74, 6) is -0.190. The van der Waals surface area contributed by atoms with Crippen LogP contribution in [0.3, 0.4) is 0 Å². The zero-order valence-electron chi connectivity index (χ0n) is 11.4. The second-order valence-electron chi connectivity index (χ2n) is 4.21. The Hall–Kier alpha value is -1.64. The molecule has 0 aliphatic carbocycles. The molecule has 1 rings (SSSR count). The van der Waals surface area contributed by atoms with E-state index in [1.165, 1.54) is 7.05 Å². The van der Waals surface area contributed by atoms with Crippen molar-refractivity contribution in [1.29, 1.82) is 0 Å². The predicted octanol–water partition coefficient (Wildman–Crippen LogP) is 0.411. The molecule has 0 aromatic heterocycles. The number of carbonyl (C=O) groups excluding carboxylic acids is 1. The zero-order valence-corrected chi connectivity index (χ0v) is 12.2. The third kappa shape index (κ3) is 5.55. The van der Waals surface area contributed by atoms with Gasteiger partial charge in [0.1, 0.15) is 0 Å². The summed E-state index contributed by atoms with van der Waals surface area (Å²) in [4.78, 5) is 11.6. The fourth-order valence-corrected chi connectivity index (χ4v) is 2.03. The Labute approximate surface area is 118 Å². The van der Waals surface area contributed by atoms with Gasteiger partial charge >= 0.3 is 6.03 Å². The van der Waals surface area contributed by atoms with E-state index >= 15 is 0 Å². The smallest absolute Gasteiger partial charge is 0.319 e. The Kier molecular flexibility index (Phi) is 5.93. The Morgan fingerprint density at radius 1 is 1.40 bits per heavy atom. The number of carbonyl (C=O) groups is 1. The van der Waals surface area contributed by atoms with E-state index in [1.54, 1.807) is 31.2 Å². The van der Waals surface area contributed by atoms with Crippen LogP contribution < -0.4 is 15.4 Å². The van der Waals surface area contributed by atoms with Gasteiger partial charge in [0.15, 0.2) is 0 Å². The van der Waals surface area contributed by atoms with Crippen molar-refractivity contribution >= 4 is 21.7 Å². The lowest BCUT2D eigenvalue weighted by Crippen LogP contribution is -2.35. The number of hydrogen-bond donors (Lipinski definition) is 4. The molecular weight excluding hydrogens is 282 g/mol. The standard InChI is InChI=1S/C12H19N3O4S/c1-9(16)10-4-3-5-11(8-10)15-12(17)14-6-7-20(18,19)13-2/h3-5,8-9,13,16H,6-7H2,1-2H3,(H2,14,15,17). The number of benzene rings is 1. The molecule has 0 heterocycles. The van der Waals surface area contributed by atoms with Gasteiger partial charge in [-0.2, -0.15) is 0 Å². The predicted molar refractivity (Wildman–Crippen MR) is 76.9 cm³/mol.